The van der Waals surface area contributed by atoms with Crippen molar-refractivity contribution in [2.24, 2.45) is 10.2 Å². The van der Waals surface area contributed by atoms with Crippen LogP contribution >= 0.6 is 0 Å². The molecule has 0 aliphatic rings. The lowest BCUT2D eigenvalue weighted by Gasteiger charge is -2.03. The normalized spacial score (nSPS) is 14.8. The highest BCUT2D eigenvalue weighted by Gasteiger charge is 2.03. The Bertz CT molecular complexity index is 392. The van der Waals surface area contributed by atoms with Crippen molar-refractivity contribution in [1.29, 1.82) is 0 Å². The van der Waals surface area contributed by atoms with Crippen LogP contribution < -0.4 is 10.9 Å². The number of carbonyl (C=O) groups excluding carboxylic acids is 2. The highest BCUT2D eigenvalue weighted by Crippen LogP contribution is 1.95. The first-order valence-electron chi connectivity index (χ1n) is 6.82. The molecule has 4 N–H and O–H groups in total. The van der Waals surface area contributed by atoms with Crippen LogP contribution in [0.3, 0.4) is 0 Å². The fraction of sp³-hybridized carbons (Fsp3) is 0.692. The maximum absolute atomic E-state index is 11.3. The Morgan fingerprint density at radius 1 is 1.05 bits per heavy atom. The van der Waals surface area contributed by atoms with Crippen molar-refractivity contribution >= 4 is 23.7 Å². The summed E-state index contributed by atoms with van der Waals surface area (Å²) < 4.78 is 0. The largest absolute Gasteiger partial charge is 0.393 e. The van der Waals surface area contributed by atoms with Crippen molar-refractivity contribution in [1.82, 2.24) is 10.9 Å². The van der Waals surface area contributed by atoms with Crippen molar-refractivity contribution < 1.29 is 19.8 Å². The summed E-state index contributed by atoms with van der Waals surface area (Å²) in [5, 5.41) is 25.5. The molecule has 0 aromatic rings. The SMILES string of the molecule is CC(/C=N\NC(=O)CC[C@H](C)O)=N/NC(=O)CC[C@H](C)O. The van der Waals surface area contributed by atoms with Crippen molar-refractivity contribution in [3.8, 4) is 0 Å². The molecule has 0 saturated heterocycles. The molecule has 0 aromatic heterocycles. The average Bonchev–Trinajstić information content (AvgIpc) is 2.40. The first-order chi connectivity index (χ1) is 9.81. The van der Waals surface area contributed by atoms with Gasteiger partial charge in [0.05, 0.1) is 24.1 Å². The Hall–Kier alpha value is -1.80. The highest BCUT2D eigenvalue weighted by molar-refractivity contribution is 6.29. The lowest BCUT2D eigenvalue weighted by molar-refractivity contribution is -0.122. The van der Waals surface area contributed by atoms with Crippen molar-refractivity contribution in [3.05, 3.63) is 0 Å². The van der Waals surface area contributed by atoms with E-state index in [2.05, 4.69) is 21.1 Å². The third kappa shape index (κ3) is 13.0. The van der Waals surface area contributed by atoms with E-state index in [0.717, 1.165) is 0 Å². The minimum absolute atomic E-state index is 0.182. The Morgan fingerprint density at radius 3 is 2.00 bits per heavy atom. The van der Waals surface area contributed by atoms with Gasteiger partial charge in [0.15, 0.2) is 0 Å². The Balaban J connectivity index is 3.97. The quantitative estimate of drug-likeness (QED) is 0.351. The zero-order valence-corrected chi connectivity index (χ0v) is 12.7. The number of rotatable bonds is 9. The van der Waals surface area contributed by atoms with Crippen LogP contribution in [0.2, 0.25) is 0 Å². The van der Waals surface area contributed by atoms with E-state index in [1.807, 2.05) is 0 Å². The second kappa shape index (κ2) is 10.9. The van der Waals surface area contributed by atoms with Crippen molar-refractivity contribution in [3.63, 3.8) is 0 Å². The smallest absolute Gasteiger partial charge is 0.240 e. The summed E-state index contributed by atoms with van der Waals surface area (Å²) in [6.07, 6.45) is 1.35. The number of carbonyl (C=O) groups is 2. The molecule has 8 heteroatoms. The van der Waals surface area contributed by atoms with Gasteiger partial charge in [0.25, 0.3) is 0 Å². The third-order valence-corrected chi connectivity index (χ3v) is 2.38. The van der Waals surface area contributed by atoms with Gasteiger partial charge in [0.2, 0.25) is 11.8 Å². The summed E-state index contributed by atoms with van der Waals surface area (Å²) in [7, 11) is 0. The van der Waals surface area contributed by atoms with Gasteiger partial charge in [-0.2, -0.15) is 10.2 Å². The van der Waals surface area contributed by atoms with Gasteiger partial charge < -0.3 is 10.2 Å². The standard InChI is InChI=1S/C13H24N4O4/c1-9(15-17-13(21)7-5-11(3)19)8-14-16-12(20)6-4-10(2)18/h8,10-11,18-19H,4-7H2,1-3H3,(H,16,20)(H,17,21)/b14-8-,15-9-/t10-,11-/m0/s1. The molecular weight excluding hydrogens is 276 g/mol. The molecule has 0 unspecified atom stereocenters. The molecule has 0 spiro atoms. The molecule has 0 bridgehead atoms. The topological polar surface area (TPSA) is 123 Å². The minimum Gasteiger partial charge on any atom is -0.393 e. The van der Waals surface area contributed by atoms with Crippen LogP contribution in [-0.2, 0) is 9.59 Å². The molecule has 2 amide bonds. The predicted molar refractivity (Wildman–Crippen MR) is 79.7 cm³/mol. The molecule has 0 aliphatic carbocycles. The lowest BCUT2D eigenvalue weighted by atomic mass is 10.2. The molecule has 2 atom stereocenters. The van der Waals surface area contributed by atoms with Crippen LogP contribution in [-0.4, -0.2) is 46.2 Å². The number of hydrogen-bond donors (Lipinski definition) is 4. The molecule has 0 aliphatic heterocycles. The summed E-state index contributed by atoms with van der Waals surface area (Å²) in [5.74, 6) is -0.606. The van der Waals surface area contributed by atoms with Gasteiger partial charge in [-0.25, -0.2) is 10.9 Å². The van der Waals surface area contributed by atoms with Crippen LogP contribution in [0.1, 0.15) is 46.5 Å². The molecule has 0 rings (SSSR count). The number of nitrogens with zero attached hydrogens (tertiary/aromatic N) is 2. The van der Waals surface area contributed by atoms with E-state index in [1.54, 1.807) is 20.8 Å². The van der Waals surface area contributed by atoms with E-state index in [9.17, 15) is 9.59 Å². The van der Waals surface area contributed by atoms with E-state index >= 15 is 0 Å². The number of amides is 2. The van der Waals surface area contributed by atoms with Gasteiger partial charge >= 0.3 is 0 Å². The molecule has 0 saturated carbocycles. The van der Waals surface area contributed by atoms with Gasteiger partial charge in [0, 0.05) is 12.8 Å². The Kier molecular flexibility index (Phi) is 9.99. The zero-order valence-electron chi connectivity index (χ0n) is 12.7. The van der Waals surface area contributed by atoms with Gasteiger partial charge in [0.1, 0.15) is 0 Å². The first kappa shape index (κ1) is 19.2. The van der Waals surface area contributed by atoms with E-state index in [-0.39, 0.29) is 24.7 Å². The molecule has 8 nitrogen and oxygen atoms in total. The first-order valence-corrected chi connectivity index (χ1v) is 6.82. The summed E-state index contributed by atoms with van der Waals surface area (Å²) in [5.41, 5.74) is 5.02. The molecule has 21 heavy (non-hydrogen) atoms. The molecule has 0 radical (unpaired) electrons. The molecular formula is C13H24N4O4. The summed E-state index contributed by atoms with van der Waals surface area (Å²) >= 11 is 0. The Labute approximate surface area is 124 Å². The van der Waals surface area contributed by atoms with Crippen LogP contribution in [0.15, 0.2) is 10.2 Å². The van der Waals surface area contributed by atoms with Crippen molar-refractivity contribution in [2.75, 3.05) is 0 Å². The van der Waals surface area contributed by atoms with Gasteiger partial charge in [-0.3, -0.25) is 9.59 Å². The lowest BCUT2D eigenvalue weighted by Crippen LogP contribution is -2.22. The van der Waals surface area contributed by atoms with Gasteiger partial charge in [-0.05, 0) is 33.6 Å². The summed E-state index contributed by atoms with van der Waals surface area (Å²) in [6.45, 7) is 4.82. The number of aliphatic hydroxyl groups excluding tert-OH is 2. The average molecular weight is 300 g/mol. The van der Waals surface area contributed by atoms with Crippen LogP contribution in [0, 0.1) is 0 Å². The van der Waals surface area contributed by atoms with E-state index in [0.29, 0.717) is 18.6 Å². The number of nitrogens with one attached hydrogen (secondary N) is 2. The molecule has 0 aromatic carbocycles. The van der Waals surface area contributed by atoms with Gasteiger partial charge in [-0.1, -0.05) is 0 Å². The van der Waals surface area contributed by atoms with Crippen molar-refractivity contribution in [2.45, 2.75) is 58.7 Å². The number of hydrazone groups is 2. The molecule has 120 valence electrons. The van der Waals surface area contributed by atoms with Gasteiger partial charge in [-0.15, -0.1) is 0 Å². The van der Waals surface area contributed by atoms with E-state index in [1.165, 1.54) is 6.21 Å². The minimum atomic E-state index is -0.528. The fourth-order valence-electron chi connectivity index (χ4n) is 1.17. The predicted octanol–water partition coefficient (Wildman–Crippen LogP) is -0.0975. The fourth-order valence-corrected chi connectivity index (χ4v) is 1.17. The number of aliphatic hydroxyl groups is 2. The summed E-state index contributed by atoms with van der Waals surface area (Å²) in [6, 6.07) is 0. The van der Waals surface area contributed by atoms with Crippen LogP contribution in [0.4, 0.5) is 0 Å². The highest BCUT2D eigenvalue weighted by atomic mass is 16.3. The number of hydrogen-bond acceptors (Lipinski definition) is 6. The molecule has 0 fully saturated rings. The Morgan fingerprint density at radius 2 is 1.52 bits per heavy atom. The van der Waals surface area contributed by atoms with Crippen LogP contribution in [0.5, 0.6) is 0 Å². The third-order valence-electron chi connectivity index (χ3n) is 2.38. The van der Waals surface area contributed by atoms with E-state index < -0.39 is 12.2 Å². The van der Waals surface area contributed by atoms with Crippen LogP contribution in [0.25, 0.3) is 0 Å². The maximum Gasteiger partial charge on any atom is 0.240 e. The summed E-state index contributed by atoms with van der Waals surface area (Å²) in [4.78, 5) is 22.6. The van der Waals surface area contributed by atoms with E-state index in [4.69, 9.17) is 10.2 Å². The molecule has 0 heterocycles. The maximum atomic E-state index is 11.3. The second-order valence-corrected chi connectivity index (χ2v) is 4.86. The zero-order chi connectivity index (χ0) is 16.3. The second-order valence-electron chi connectivity index (χ2n) is 4.86. The monoisotopic (exact) mass is 300 g/mol.